The van der Waals surface area contributed by atoms with Crippen LogP contribution in [0, 0.1) is 0 Å². The van der Waals surface area contributed by atoms with Gasteiger partial charge in [0.2, 0.25) is 0 Å². The molecule has 6 nitrogen and oxygen atoms in total. The van der Waals surface area contributed by atoms with Gasteiger partial charge in [-0.3, -0.25) is 0 Å². The first-order valence-corrected chi connectivity index (χ1v) is 11.2. The van der Waals surface area contributed by atoms with Crippen molar-refractivity contribution >= 4 is 52.3 Å². The van der Waals surface area contributed by atoms with Crippen molar-refractivity contribution in [3.63, 3.8) is 0 Å². The van der Waals surface area contributed by atoms with Crippen LogP contribution in [0.15, 0.2) is 48.5 Å². The number of anilines is 2. The van der Waals surface area contributed by atoms with Crippen LogP contribution in [-0.4, -0.2) is 47.3 Å². The number of alkyl halides is 3. The Morgan fingerprint density at radius 2 is 1.62 bits per heavy atom. The molecule has 1 N–H and O–H groups in total. The van der Waals surface area contributed by atoms with Gasteiger partial charge in [0.15, 0.2) is 5.82 Å². The molecule has 0 unspecified atom stereocenters. The van der Waals surface area contributed by atoms with Crippen LogP contribution in [0.2, 0.25) is 15.1 Å². The molecule has 0 saturated carbocycles. The fourth-order valence-electron chi connectivity index (χ4n) is 3.47. The van der Waals surface area contributed by atoms with E-state index in [-0.39, 0.29) is 10.7 Å². The minimum Gasteiger partial charge on any atom is -0.352 e. The highest BCUT2D eigenvalue weighted by atomic mass is 35.5. The van der Waals surface area contributed by atoms with E-state index in [1.165, 1.54) is 4.90 Å². The average Bonchev–Trinajstić information content (AvgIpc) is 2.80. The van der Waals surface area contributed by atoms with E-state index >= 15 is 0 Å². The SMILES string of the molecule is O=C(Nc1cc(C(F)(F)F)ccc1Cl)N1CCN(c2ccc(-c3ccc(Cl)cc3Cl)nn2)CC1. The first-order chi connectivity index (χ1) is 16.1. The number of hydrogen-bond acceptors (Lipinski definition) is 4. The summed E-state index contributed by atoms with van der Waals surface area (Å²) in [6.07, 6.45) is -4.54. The Labute approximate surface area is 208 Å². The summed E-state index contributed by atoms with van der Waals surface area (Å²) in [6, 6.07) is 11.0. The molecule has 1 aromatic heterocycles. The van der Waals surface area contributed by atoms with Crippen LogP contribution in [0.25, 0.3) is 11.3 Å². The smallest absolute Gasteiger partial charge is 0.352 e. The summed E-state index contributed by atoms with van der Waals surface area (Å²) in [7, 11) is 0. The lowest BCUT2D eigenvalue weighted by molar-refractivity contribution is -0.137. The standard InChI is InChI=1S/C22H17Cl3F3N5O/c23-14-2-3-15(17(25)12-14)18-5-6-20(31-30-18)32-7-9-33(10-8-32)21(34)29-19-11-13(22(26,27)28)1-4-16(19)24/h1-6,11-12H,7-10H2,(H,29,34). The van der Waals surface area contributed by atoms with Crippen LogP contribution in [0.3, 0.4) is 0 Å². The second kappa shape index (κ2) is 9.85. The molecule has 178 valence electrons. The molecule has 0 aliphatic carbocycles. The number of rotatable bonds is 3. The van der Waals surface area contributed by atoms with Crippen LogP contribution in [0.1, 0.15) is 5.56 Å². The highest BCUT2D eigenvalue weighted by molar-refractivity contribution is 6.36. The maximum atomic E-state index is 13.0. The van der Waals surface area contributed by atoms with Crippen molar-refractivity contribution in [1.29, 1.82) is 0 Å². The van der Waals surface area contributed by atoms with Crippen molar-refractivity contribution in [2.75, 3.05) is 36.4 Å². The molecule has 1 aliphatic heterocycles. The largest absolute Gasteiger partial charge is 0.416 e. The molecule has 12 heteroatoms. The van der Waals surface area contributed by atoms with Crippen molar-refractivity contribution in [2.24, 2.45) is 0 Å². The number of urea groups is 1. The predicted molar refractivity (Wildman–Crippen MR) is 127 cm³/mol. The van der Waals surface area contributed by atoms with Crippen molar-refractivity contribution in [2.45, 2.75) is 6.18 Å². The number of piperazine rings is 1. The molecular formula is C22H17Cl3F3N5O. The van der Waals surface area contributed by atoms with Gasteiger partial charge in [-0.2, -0.15) is 13.2 Å². The Bertz CT molecular complexity index is 1200. The van der Waals surface area contributed by atoms with Gasteiger partial charge in [0.25, 0.3) is 0 Å². The van der Waals surface area contributed by atoms with E-state index in [1.807, 2.05) is 11.0 Å². The molecule has 1 aliphatic rings. The molecule has 3 aromatic rings. The molecule has 0 radical (unpaired) electrons. The zero-order valence-electron chi connectivity index (χ0n) is 17.4. The lowest BCUT2D eigenvalue weighted by Gasteiger charge is -2.35. The number of carbonyl (C=O) groups excluding carboxylic acids is 1. The van der Waals surface area contributed by atoms with E-state index < -0.39 is 17.8 Å². The van der Waals surface area contributed by atoms with Gasteiger partial charge in [0.1, 0.15) is 0 Å². The number of benzene rings is 2. The first kappa shape index (κ1) is 24.4. The maximum Gasteiger partial charge on any atom is 0.416 e. The highest BCUT2D eigenvalue weighted by Gasteiger charge is 2.31. The van der Waals surface area contributed by atoms with Gasteiger partial charge in [0.05, 0.1) is 27.0 Å². The summed E-state index contributed by atoms with van der Waals surface area (Å²) in [5.74, 6) is 0.634. The van der Waals surface area contributed by atoms with Crippen LogP contribution in [-0.2, 0) is 6.18 Å². The number of amides is 2. The summed E-state index contributed by atoms with van der Waals surface area (Å²) in [6.45, 7) is 1.63. The van der Waals surface area contributed by atoms with Gasteiger partial charge in [-0.15, -0.1) is 10.2 Å². The topological polar surface area (TPSA) is 61.4 Å². The number of nitrogens with one attached hydrogen (secondary N) is 1. The van der Waals surface area contributed by atoms with Gasteiger partial charge >= 0.3 is 12.2 Å². The molecule has 0 bridgehead atoms. The van der Waals surface area contributed by atoms with Gasteiger partial charge < -0.3 is 15.1 Å². The molecular weight excluding hydrogens is 514 g/mol. The van der Waals surface area contributed by atoms with E-state index in [4.69, 9.17) is 34.8 Å². The Balaban J connectivity index is 1.37. The molecule has 2 heterocycles. The third-order valence-corrected chi connectivity index (χ3v) is 6.16. The molecule has 1 fully saturated rings. The lowest BCUT2D eigenvalue weighted by Crippen LogP contribution is -2.50. The Kier molecular flexibility index (Phi) is 7.06. The van der Waals surface area contributed by atoms with E-state index in [0.29, 0.717) is 53.3 Å². The molecule has 0 spiro atoms. The first-order valence-electron chi connectivity index (χ1n) is 10.1. The van der Waals surface area contributed by atoms with Crippen molar-refractivity contribution in [3.05, 3.63) is 69.2 Å². The predicted octanol–water partition coefficient (Wildman–Crippen LogP) is 6.48. The fourth-order valence-corrected chi connectivity index (χ4v) is 4.14. The van der Waals surface area contributed by atoms with Gasteiger partial charge in [-0.1, -0.05) is 34.8 Å². The van der Waals surface area contributed by atoms with Crippen molar-refractivity contribution in [1.82, 2.24) is 15.1 Å². The molecule has 2 amide bonds. The van der Waals surface area contributed by atoms with E-state index in [9.17, 15) is 18.0 Å². The van der Waals surface area contributed by atoms with Gasteiger partial charge in [-0.25, -0.2) is 4.79 Å². The zero-order valence-corrected chi connectivity index (χ0v) is 19.7. The van der Waals surface area contributed by atoms with E-state index in [0.717, 1.165) is 18.2 Å². The minimum atomic E-state index is -4.54. The normalized spacial score (nSPS) is 14.3. The number of halogens is 6. The second-order valence-electron chi connectivity index (χ2n) is 7.50. The molecule has 4 rings (SSSR count). The lowest BCUT2D eigenvalue weighted by atomic mass is 10.1. The Hall–Kier alpha value is -2.75. The summed E-state index contributed by atoms with van der Waals surface area (Å²) >= 11 is 18.1. The van der Waals surface area contributed by atoms with Crippen molar-refractivity contribution in [3.8, 4) is 11.3 Å². The Morgan fingerprint density at radius 3 is 2.24 bits per heavy atom. The molecule has 1 saturated heterocycles. The number of carbonyl (C=O) groups is 1. The third kappa shape index (κ3) is 5.48. The number of aromatic nitrogens is 2. The second-order valence-corrected chi connectivity index (χ2v) is 8.75. The van der Waals surface area contributed by atoms with Crippen LogP contribution < -0.4 is 10.2 Å². The Morgan fingerprint density at radius 1 is 0.882 bits per heavy atom. The van der Waals surface area contributed by atoms with Crippen LogP contribution in [0.4, 0.5) is 29.5 Å². The summed E-state index contributed by atoms with van der Waals surface area (Å²) in [5, 5.41) is 12.0. The monoisotopic (exact) mass is 529 g/mol. The quantitative estimate of drug-likeness (QED) is 0.421. The maximum absolute atomic E-state index is 13.0. The summed E-state index contributed by atoms with van der Waals surface area (Å²) in [5.41, 5.74) is 0.325. The van der Waals surface area contributed by atoms with Gasteiger partial charge in [-0.05, 0) is 48.5 Å². The molecule has 2 aromatic carbocycles. The number of nitrogens with zero attached hydrogens (tertiary/aromatic N) is 4. The summed E-state index contributed by atoms with van der Waals surface area (Å²) < 4.78 is 38.9. The average molecular weight is 531 g/mol. The zero-order chi connectivity index (χ0) is 24.5. The number of hydrogen-bond donors (Lipinski definition) is 1. The molecule has 34 heavy (non-hydrogen) atoms. The van der Waals surface area contributed by atoms with Crippen molar-refractivity contribution < 1.29 is 18.0 Å². The van der Waals surface area contributed by atoms with Crippen LogP contribution in [0.5, 0.6) is 0 Å². The van der Waals surface area contributed by atoms with Crippen LogP contribution >= 0.6 is 34.8 Å². The van der Waals surface area contributed by atoms with E-state index in [1.54, 1.807) is 24.3 Å². The van der Waals surface area contributed by atoms with Gasteiger partial charge in [0, 0.05) is 36.8 Å². The fraction of sp³-hybridized carbons (Fsp3) is 0.227. The minimum absolute atomic E-state index is 0.0242. The third-order valence-electron chi connectivity index (χ3n) is 5.28. The molecule has 0 atom stereocenters. The highest BCUT2D eigenvalue weighted by Crippen LogP contribution is 2.34. The van der Waals surface area contributed by atoms with E-state index in [2.05, 4.69) is 15.5 Å². The summed E-state index contributed by atoms with van der Waals surface area (Å²) in [4.78, 5) is 16.0.